The summed E-state index contributed by atoms with van der Waals surface area (Å²) < 4.78 is 39.7. The predicted molar refractivity (Wildman–Crippen MR) is 114 cm³/mol. The quantitative estimate of drug-likeness (QED) is 0.763. The lowest BCUT2D eigenvalue weighted by Gasteiger charge is -2.45. The second kappa shape index (κ2) is 7.22. The number of hydrogen-bond acceptors (Lipinski definition) is 4. The van der Waals surface area contributed by atoms with Gasteiger partial charge in [-0.2, -0.15) is 18.4 Å². The fraction of sp³-hybridized carbons (Fsp3) is 0.458. The van der Waals surface area contributed by atoms with E-state index in [1.165, 1.54) is 24.1 Å². The Labute approximate surface area is 185 Å². The summed E-state index contributed by atoms with van der Waals surface area (Å²) in [6, 6.07) is 9.84. The van der Waals surface area contributed by atoms with Crippen LogP contribution in [0.1, 0.15) is 37.8 Å². The number of hydrogen-bond donors (Lipinski definition) is 1. The summed E-state index contributed by atoms with van der Waals surface area (Å²) in [6.07, 6.45) is 0.789. The lowest BCUT2D eigenvalue weighted by molar-refractivity contribution is -0.136. The van der Waals surface area contributed by atoms with E-state index >= 15 is 0 Å². The number of guanidine groups is 1. The third-order valence-corrected chi connectivity index (χ3v) is 7.12. The van der Waals surface area contributed by atoms with E-state index in [-0.39, 0.29) is 11.9 Å². The lowest BCUT2D eigenvalue weighted by Crippen LogP contribution is -2.56. The van der Waals surface area contributed by atoms with E-state index in [4.69, 9.17) is 5.73 Å². The number of aliphatic imine (C=N–C) groups is 1. The van der Waals surface area contributed by atoms with Crippen molar-refractivity contribution in [1.29, 1.82) is 5.26 Å². The molecule has 1 aliphatic heterocycles. The monoisotopic (exact) mass is 442 g/mol. The van der Waals surface area contributed by atoms with Gasteiger partial charge < -0.3 is 5.73 Å². The molecule has 0 saturated heterocycles. The molecule has 8 heteroatoms. The molecule has 0 aromatic heterocycles. The van der Waals surface area contributed by atoms with Gasteiger partial charge in [0.05, 0.1) is 28.5 Å². The van der Waals surface area contributed by atoms with Crippen LogP contribution < -0.4 is 5.73 Å². The average Bonchev–Trinajstić information content (AvgIpc) is 3.54. The second-order valence-corrected chi connectivity index (χ2v) is 9.18. The van der Waals surface area contributed by atoms with Crippen molar-refractivity contribution in [2.45, 2.75) is 43.8 Å². The summed E-state index contributed by atoms with van der Waals surface area (Å²) in [5, 5.41) is 9.61. The molecule has 1 fully saturated rings. The molecule has 1 aromatic rings. The van der Waals surface area contributed by atoms with Gasteiger partial charge >= 0.3 is 6.18 Å². The molecule has 2 unspecified atom stereocenters. The molecule has 1 amide bonds. The van der Waals surface area contributed by atoms with Gasteiger partial charge in [0, 0.05) is 7.05 Å². The number of nitrogens with two attached hydrogens (primary N) is 1. The Morgan fingerprint density at radius 2 is 1.94 bits per heavy atom. The zero-order valence-corrected chi connectivity index (χ0v) is 18.1. The number of halogens is 3. The standard InChI is InChI=1S/C24H25F3N4O/c1-14-11-17(24(25,26)27)7-8-18(14)19-20(32)31(3)21(29)30-22(19,2)15-5-4-6-16(12-15)23(13-28)9-10-23/h4-8,11-12,14,18-19H,9-10H2,1-3H3,(H2,29,30)/t14?,18?,19-,22-/m1/s1. The fourth-order valence-electron chi connectivity index (χ4n) is 4.89. The maximum Gasteiger partial charge on any atom is 0.416 e. The number of benzene rings is 1. The first-order chi connectivity index (χ1) is 14.9. The summed E-state index contributed by atoms with van der Waals surface area (Å²) in [7, 11) is 1.52. The van der Waals surface area contributed by atoms with Gasteiger partial charge in [-0.15, -0.1) is 0 Å². The molecule has 168 valence electrons. The molecule has 4 rings (SSSR count). The van der Waals surface area contributed by atoms with E-state index in [0.29, 0.717) is 0 Å². The van der Waals surface area contributed by atoms with E-state index in [1.54, 1.807) is 13.8 Å². The Morgan fingerprint density at radius 3 is 2.50 bits per heavy atom. The highest BCUT2D eigenvalue weighted by molar-refractivity contribution is 6.00. The number of rotatable bonds is 3. The van der Waals surface area contributed by atoms with E-state index in [1.807, 2.05) is 24.3 Å². The third-order valence-electron chi connectivity index (χ3n) is 7.12. The molecule has 3 aliphatic rings. The first-order valence-corrected chi connectivity index (χ1v) is 10.6. The number of allylic oxidation sites excluding steroid dienone is 4. The number of amides is 1. The molecule has 5 nitrogen and oxygen atoms in total. The SMILES string of the molecule is CC1C=C(C(F)(F)F)C=CC1[C@@H]1C(=O)N(C)C(N)=N[C@]1(C)c1cccc(C2(C#N)CC2)c1. The maximum atomic E-state index is 13.4. The summed E-state index contributed by atoms with van der Waals surface area (Å²) in [6.45, 7) is 3.48. The van der Waals surface area contributed by atoms with Gasteiger partial charge in [0.15, 0.2) is 5.96 Å². The van der Waals surface area contributed by atoms with Gasteiger partial charge in [0.25, 0.3) is 0 Å². The zero-order valence-electron chi connectivity index (χ0n) is 18.1. The van der Waals surface area contributed by atoms with Crippen LogP contribution in [0.15, 0.2) is 53.1 Å². The van der Waals surface area contributed by atoms with Gasteiger partial charge in [0.1, 0.15) is 0 Å². The van der Waals surface area contributed by atoms with Crippen molar-refractivity contribution >= 4 is 11.9 Å². The molecular weight excluding hydrogens is 417 g/mol. The first kappa shape index (κ1) is 22.1. The van der Waals surface area contributed by atoms with Crippen LogP contribution in [-0.2, 0) is 15.7 Å². The predicted octanol–water partition coefficient (Wildman–Crippen LogP) is 4.17. The van der Waals surface area contributed by atoms with Crippen LogP contribution in [0.2, 0.25) is 0 Å². The molecule has 1 saturated carbocycles. The van der Waals surface area contributed by atoms with Crippen molar-refractivity contribution in [3.05, 3.63) is 59.2 Å². The summed E-state index contributed by atoms with van der Waals surface area (Å²) in [4.78, 5) is 19.4. The molecule has 0 spiro atoms. The molecule has 1 heterocycles. The molecule has 4 atom stereocenters. The zero-order chi connectivity index (χ0) is 23.5. The van der Waals surface area contributed by atoms with Crippen molar-refractivity contribution < 1.29 is 18.0 Å². The van der Waals surface area contributed by atoms with Crippen molar-refractivity contribution in [3.8, 4) is 6.07 Å². The van der Waals surface area contributed by atoms with Crippen molar-refractivity contribution in [2.24, 2.45) is 28.5 Å². The summed E-state index contributed by atoms with van der Waals surface area (Å²) >= 11 is 0. The minimum Gasteiger partial charge on any atom is -0.369 e. The number of carbonyl (C=O) groups is 1. The summed E-state index contributed by atoms with van der Waals surface area (Å²) in [5.74, 6) is -2.04. The number of nitrogens with zero attached hydrogens (tertiary/aromatic N) is 3. The molecular formula is C24H25F3N4O. The fourth-order valence-corrected chi connectivity index (χ4v) is 4.89. The highest BCUT2D eigenvalue weighted by Gasteiger charge is 2.52. The lowest BCUT2D eigenvalue weighted by atomic mass is 9.66. The minimum atomic E-state index is -4.45. The van der Waals surface area contributed by atoms with Gasteiger partial charge in [-0.3, -0.25) is 9.69 Å². The Balaban J connectivity index is 1.81. The summed E-state index contributed by atoms with van der Waals surface area (Å²) in [5.41, 5.74) is 5.33. The number of carbonyl (C=O) groups excluding carboxylic acids is 1. The van der Waals surface area contributed by atoms with Crippen LogP contribution in [0, 0.1) is 29.1 Å². The minimum absolute atomic E-state index is 0.0551. The number of alkyl halides is 3. The van der Waals surface area contributed by atoms with Crippen LogP contribution >= 0.6 is 0 Å². The van der Waals surface area contributed by atoms with Crippen molar-refractivity contribution in [1.82, 2.24) is 4.90 Å². The van der Waals surface area contributed by atoms with E-state index in [0.717, 1.165) is 30.0 Å². The molecule has 2 aliphatic carbocycles. The van der Waals surface area contributed by atoms with Crippen molar-refractivity contribution in [3.63, 3.8) is 0 Å². The number of nitriles is 1. The van der Waals surface area contributed by atoms with Gasteiger partial charge in [-0.25, -0.2) is 4.99 Å². The highest BCUT2D eigenvalue weighted by Crippen LogP contribution is 2.50. The van der Waals surface area contributed by atoms with Crippen LogP contribution in [0.3, 0.4) is 0 Å². The topological polar surface area (TPSA) is 82.5 Å². The van der Waals surface area contributed by atoms with Crippen LogP contribution in [0.25, 0.3) is 0 Å². The van der Waals surface area contributed by atoms with Gasteiger partial charge in [0.2, 0.25) is 5.91 Å². The molecule has 0 bridgehead atoms. The maximum absolute atomic E-state index is 13.4. The molecule has 2 N–H and O–H groups in total. The average molecular weight is 442 g/mol. The Morgan fingerprint density at radius 1 is 1.28 bits per heavy atom. The second-order valence-electron chi connectivity index (χ2n) is 9.18. The van der Waals surface area contributed by atoms with Gasteiger partial charge in [-0.05, 0) is 42.7 Å². The molecule has 1 aromatic carbocycles. The largest absolute Gasteiger partial charge is 0.416 e. The van der Waals surface area contributed by atoms with Crippen LogP contribution in [0.4, 0.5) is 13.2 Å². The normalized spacial score (nSPS) is 31.6. The van der Waals surface area contributed by atoms with Crippen LogP contribution in [-0.4, -0.2) is 30.0 Å². The van der Waals surface area contributed by atoms with E-state index < -0.39 is 40.5 Å². The van der Waals surface area contributed by atoms with E-state index in [2.05, 4.69) is 11.1 Å². The highest BCUT2D eigenvalue weighted by atomic mass is 19.4. The Hall–Kier alpha value is -3.08. The first-order valence-electron chi connectivity index (χ1n) is 10.6. The molecule has 32 heavy (non-hydrogen) atoms. The van der Waals surface area contributed by atoms with Crippen LogP contribution in [0.5, 0.6) is 0 Å². The molecule has 0 radical (unpaired) electrons. The Kier molecular flexibility index (Phi) is 5.00. The third kappa shape index (κ3) is 3.40. The smallest absolute Gasteiger partial charge is 0.369 e. The van der Waals surface area contributed by atoms with Gasteiger partial charge in [-0.1, -0.05) is 49.4 Å². The van der Waals surface area contributed by atoms with Crippen molar-refractivity contribution in [2.75, 3.05) is 7.05 Å². The Bertz CT molecular complexity index is 1090. The van der Waals surface area contributed by atoms with E-state index in [9.17, 15) is 23.2 Å².